The fraction of sp³-hybridized carbons (Fsp3) is 0.565. The van der Waals surface area contributed by atoms with Crippen molar-refractivity contribution in [3.05, 3.63) is 35.4 Å². The number of rotatable bonds is 13. The lowest BCUT2D eigenvalue weighted by Crippen LogP contribution is -2.51. The van der Waals surface area contributed by atoms with Crippen LogP contribution >= 0.6 is 7.52 Å². The maximum absolute atomic E-state index is 13.3. The Hall–Kier alpha value is -2.55. The maximum atomic E-state index is 13.3. The number of benzene rings is 1. The number of carbonyl (C=O) groups is 4. The molecule has 2 aliphatic heterocycles. The monoisotopic (exact) mass is 493 g/mol. The first kappa shape index (κ1) is 26.1. The molecule has 1 unspecified atom stereocenters. The zero-order valence-corrected chi connectivity index (χ0v) is 20.3. The molecule has 1 aromatic rings. The number of carboxylic acids is 1. The highest BCUT2D eigenvalue weighted by Gasteiger charge is 2.36. The molecule has 2 atom stereocenters. The van der Waals surface area contributed by atoms with E-state index in [2.05, 4.69) is 5.09 Å². The number of hydrogen-bond donors (Lipinski definition) is 2. The topological polar surface area (TPSA) is 133 Å². The van der Waals surface area contributed by atoms with Crippen molar-refractivity contribution in [2.45, 2.75) is 51.5 Å². The lowest BCUT2D eigenvalue weighted by atomic mass is 10.1. The van der Waals surface area contributed by atoms with Crippen molar-refractivity contribution < 1.29 is 33.4 Å². The molecule has 2 heterocycles. The van der Waals surface area contributed by atoms with Gasteiger partial charge in [-0.1, -0.05) is 25.0 Å². The lowest BCUT2D eigenvalue weighted by Gasteiger charge is -2.33. The van der Waals surface area contributed by atoms with Crippen LogP contribution in [0.3, 0.4) is 0 Å². The van der Waals surface area contributed by atoms with Crippen molar-refractivity contribution in [2.75, 3.05) is 32.4 Å². The van der Waals surface area contributed by atoms with Crippen LogP contribution in [0.15, 0.2) is 24.3 Å². The van der Waals surface area contributed by atoms with Gasteiger partial charge in [-0.25, -0.2) is 5.09 Å². The van der Waals surface area contributed by atoms with Crippen molar-refractivity contribution in [2.24, 2.45) is 0 Å². The third-order valence-electron chi connectivity index (χ3n) is 6.01. The Balaban J connectivity index is 1.43. The Morgan fingerprint density at radius 2 is 1.76 bits per heavy atom. The van der Waals surface area contributed by atoms with E-state index in [4.69, 9.17) is 9.63 Å². The second kappa shape index (κ2) is 11.7. The van der Waals surface area contributed by atoms with E-state index < -0.39 is 19.5 Å². The number of amides is 3. The molecule has 3 amide bonds. The number of hydrogen-bond acceptors (Lipinski definition) is 6. The second-order valence-electron chi connectivity index (χ2n) is 8.51. The van der Waals surface area contributed by atoms with Crippen LogP contribution < -0.4 is 5.09 Å². The molecule has 0 radical (unpaired) electrons. The molecule has 0 saturated carbocycles. The SMILES string of the molecule is CCOP(=O)(CCCCCCN1C(=O)c2ccccc2C1=O)N[C@H]1CCCN(CC(=O)O)C1=O. The zero-order valence-electron chi connectivity index (χ0n) is 19.4. The van der Waals surface area contributed by atoms with Crippen LogP contribution in [0.1, 0.15) is 66.2 Å². The van der Waals surface area contributed by atoms with E-state index in [0.29, 0.717) is 49.9 Å². The average Bonchev–Trinajstić information content (AvgIpc) is 3.03. The van der Waals surface area contributed by atoms with Crippen LogP contribution in [-0.4, -0.2) is 77.0 Å². The van der Waals surface area contributed by atoms with Gasteiger partial charge in [0.05, 0.1) is 23.8 Å². The number of carboxylic acid groups (broad SMARTS) is 1. The Morgan fingerprint density at radius 1 is 1.12 bits per heavy atom. The van der Waals surface area contributed by atoms with E-state index >= 15 is 0 Å². The Morgan fingerprint density at radius 3 is 2.38 bits per heavy atom. The lowest BCUT2D eigenvalue weighted by molar-refractivity contribution is -0.146. The van der Waals surface area contributed by atoms with Gasteiger partial charge in [0.1, 0.15) is 6.54 Å². The predicted octanol–water partition coefficient (Wildman–Crippen LogP) is 2.74. The molecule has 0 spiro atoms. The standard InChI is InChI=1S/C23H32N3O7P/c1-2-33-34(32,24-19-12-9-13-25(23(19)31)16-20(27)28)15-8-4-3-7-14-26-21(29)17-10-5-6-11-18(17)22(26)30/h5-6,10-11,19H,2-4,7-9,12-16H2,1H3,(H,24,32)(H,27,28)/t19-,34?/m0/s1. The first-order valence-electron chi connectivity index (χ1n) is 11.7. The molecule has 11 heteroatoms. The quantitative estimate of drug-likeness (QED) is 0.243. The summed E-state index contributed by atoms with van der Waals surface area (Å²) in [5, 5.41) is 11.9. The normalized spacial score (nSPS) is 19.9. The first-order chi connectivity index (χ1) is 16.3. The molecule has 1 saturated heterocycles. The highest BCUT2D eigenvalue weighted by molar-refractivity contribution is 7.56. The Labute approximate surface area is 199 Å². The molecule has 0 aromatic heterocycles. The molecular formula is C23H32N3O7P. The number of fused-ring (bicyclic) bond motifs is 1. The van der Waals surface area contributed by atoms with Crippen LogP contribution in [0, 0.1) is 0 Å². The molecular weight excluding hydrogens is 461 g/mol. The number of carbonyl (C=O) groups excluding carboxylic acids is 3. The average molecular weight is 493 g/mol. The third-order valence-corrected chi connectivity index (χ3v) is 8.29. The van der Waals surface area contributed by atoms with E-state index in [1.165, 1.54) is 9.80 Å². The van der Waals surface area contributed by atoms with Gasteiger partial charge in [0, 0.05) is 19.3 Å². The summed E-state index contributed by atoms with van der Waals surface area (Å²) < 4.78 is 18.8. The number of unbranched alkanes of at least 4 members (excludes halogenated alkanes) is 3. The van der Waals surface area contributed by atoms with Crippen molar-refractivity contribution in [1.29, 1.82) is 0 Å². The third kappa shape index (κ3) is 6.31. The number of piperidine rings is 1. The summed E-state index contributed by atoms with van der Waals surface area (Å²) in [5.74, 6) is -1.97. The number of nitrogens with zero attached hydrogens (tertiary/aromatic N) is 2. The fourth-order valence-corrected chi connectivity index (χ4v) is 6.48. The molecule has 1 aromatic carbocycles. The molecule has 34 heavy (non-hydrogen) atoms. The summed E-state index contributed by atoms with van der Waals surface area (Å²) in [4.78, 5) is 50.9. The van der Waals surface area contributed by atoms with E-state index in [1.807, 2.05) is 0 Å². The van der Waals surface area contributed by atoms with Crippen LogP contribution in [0.2, 0.25) is 0 Å². The molecule has 10 nitrogen and oxygen atoms in total. The van der Waals surface area contributed by atoms with Crippen molar-refractivity contribution in [1.82, 2.24) is 14.9 Å². The molecule has 0 aliphatic carbocycles. The second-order valence-corrected chi connectivity index (χ2v) is 10.8. The Bertz CT molecular complexity index is 948. The van der Waals surface area contributed by atoms with Gasteiger partial charge in [0.25, 0.3) is 19.3 Å². The van der Waals surface area contributed by atoms with E-state index in [-0.39, 0.29) is 37.0 Å². The minimum absolute atomic E-state index is 0.226. The van der Waals surface area contributed by atoms with E-state index in [9.17, 15) is 23.7 Å². The summed E-state index contributed by atoms with van der Waals surface area (Å²) in [6.07, 6.45) is 4.05. The van der Waals surface area contributed by atoms with Gasteiger partial charge in [-0.05, 0) is 44.7 Å². The number of nitrogens with one attached hydrogen (secondary N) is 1. The predicted molar refractivity (Wildman–Crippen MR) is 125 cm³/mol. The zero-order chi connectivity index (χ0) is 24.7. The summed E-state index contributed by atoms with van der Waals surface area (Å²) >= 11 is 0. The van der Waals surface area contributed by atoms with Crippen LogP contribution in [-0.2, 0) is 18.7 Å². The minimum atomic E-state index is -3.28. The van der Waals surface area contributed by atoms with Crippen LogP contribution in [0.4, 0.5) is 0 Å². The van der Waals surface area contributed by atoms with Gasteiger partial charge < -0.3 is 14.5 Å². The minimum Gasteiger partial charge on any atom is -0.480 e. The van der Waals surface area contributed by atoms with Gasteiger partial charge in [-0.3, -0.25) is 28.6 Å². The Kier molecular flexibility index (Phi) is 8.99. The largest absolute Gasteiger partial charge is 0.480 e. The molecule has 0 bridgehead atoms. The summed E-state index contributed by atoms with van der Waals surface area (Å²) in [6.45, 7) is 2.29. The highest BCUT2D eigenvalue weighted by atomic mass is 31.2. The van der Waals surface area contributed by atoms with Gasteiger partial charge >= 0.3 is 5.97 Å². The van der Waals surface area contributed by atoms with Gasteiger partial charge in [-0.15, -0.1) is 0 Å². The summed E-state index contributed by atoms with van der Waals surface area (Å²) in [5.41, 5.74) is 0.880. The van der Waals surface area contributed by atoms with E-state index in [1.54, 1.807) is 31.2 Å². The summed E-state index contributed by atoms with van der Waals surface area (Å²) in [7, 11) is -3.28. The van der Waals surface area contributed by atoms with Crippen molar-refractivity contribution in [3.8, 4) is 0 Å². The van der Waals surface area contributed by atoms with Gasteiger partial charge in [0.15, 0.2) is 0 Å². The van der Waals surface area contributed by atoms with Crippen LogP contribution in [0.25, 0.3) is 0 Å². The van der Waals surface area contributed by atoms with Gasteiger partial charge in [-0.2, -0.15) is 0 Å². The van der Waals surface area contributed by atoms with Crippen molar-refractivity contribution >= 4 is 31.2 Å². The van der Waals surface area contributed by atoms with E-state index in [0.717, 1.165) is 12.8 Å². The number of likely N-dealkylation sites (tertiary alicyclic amines) is 1. The fourth-order valence-electron chi connectivity index (χ4n) is 4.38. The molecule has 186 valence electrons. The number of aliphatic carboxylic acids is 1. The van der Waals surface area contributed by atoms with Crippen molar-refractivity contribution in [3.63, 3.8) is 0 Å². The summed E-state index contributed by atoms with van der Waals surface area (Å²) in [6, 6.07) is 6.07. The molecule has 1 fully saturated rings. The number of imide groups is 1. The van der Waals surface area contributed by atoms with Gasteiger partial charge in [0.2, 0.25) is 5.91 Å². The van der Waals surface area contributed by atoms with Crippen LogP contribution in [0.5, 0.6) is 0 Å². The highest BCUT2D eigenvalue weighted by Crippen LogP contribution is 2.44. The molecule has 2 aliphatic rings. The first-order valence-corrected chi connectivity index (χ1v) is 13.5. The maximum Gasteiger partial charge on any atom is 0.323 e. The smallest absolute Gasteiger partial charge is 0.323 e. The molecule has 3 rings (SSSR count). The molecule has 2 N–H and O–H groups in total.